The van der Waals surface area contributed by atoms with Crippen LogP contribution in [0.15, 0.2) is 48.5 Å². The van der Waals surface area contributed by atoms with Crippen molar-refractivity contribution in [2.24, 2.45) is 5.73 Å². The van der Waals surface area contributed by atoms with Crippen LogP contribution in [0.1, 0.15) is 17.5 Å². The lowest BCUT2D eigenvalue weighted by Crippen LogP contribution is -2.46. The number of rotatable bonds is 7. The molecule has 0 bridgehead atoms. The summed E-state index contributed by atoms with van der Waals surface area (Å²) >= 11 is 0. The molecule has 0 aliphatic rings. The van der Waals surface area contributed by atoms with Gasteiger partial charge in [0.05, 0.1) is 6.42 Å². The highest BCUT2D eigenvalue weighted by Crippen LogP contribution is 2.18. The molecule has 0 aliphatic heterocycles. The van der Waals surface area contributed by atoms with Gasteiger partial charge < -0.3 is 20.5 Å². The summed E-state index contributed by atoms with van der Waals surface area (Å²) in [6, 6.07) is 13.3. The number of nitrogens with two attached hydrogens (primary N) is 1. The second-order valence-electron chi connectivity index (χ2n) is 6.31. The molecule has 6 heteroatoms. The van der Waals surface area contributed by atoms with Gasteiger partial charge in [-0.15, -0.1) is 0 Å². The maximum absolute atomic E-state index is 13.1. The molecule has 0 radical (unpaired) electrons. The highest BCUT2D eigenvalue weighted by Gasteiger charge is 2.26. The maximum Gasteiger partial charge on any atom is 0.226 e. The number of halogens is 1. The predicted octanol–water partition coefficient (Wildman–Crippen LogP) is 2.07. The molecule has 2 aromatic rings. The molecule has 1 atom stereocenters. The zero-order valence-electron chi connectivity index (χ0n) is 14.4. The first-order valence-corrected chi connectivity index (χ1v) is 7.93. The molecule has 0 aromatic heterocycles. The van der Waals surface area contributed by atoms with Crippen LogP contribution in [-0.4, -0.2) is 35.7 Å². The molecular weight excluding hydrogens is 323 g/mol. The smallest absolute Gasteiger partial charge is 0.226 e. The van der Waals surface area contributed by atoms with Crippen LogP contribution in [0.5, 0.6) is 5.75 Å². The van der Waals surface area contributed by atoms with Crippen LogP contribution < -0.4 is 10.5 Å². The van der Waals surface area contributed by atoms with Crippen molar-refractivity contribution in [3.63, 3.8) is 0 Å². The van der Waals surface area contributed by atoms with Gasteiger partial charge in [0.1, 0.15) is 23.9 Å². The molecule has 1 amide bonds. The Bertz CT molecular complexity index is 715. The van der Waals surface area contributed by atoms with Gasteiger partial charge in [-0.25, -0.2) is 4.39 Å². The summed E-state index contributed by atoms with van der Waals surface area (Å²) in [7, 11) is 3.23. The SMILES string of the molecule is CN(C)C(=O)CC(N)(O)Cc1ccc(OCc2cccc(F)c2)cc1. The Balaban J connectivity index is 1.92. The Kier molecular flexibility index (Phi) is 6.12. The number of nitrogens with zero attached hydrogens (tertiary/aromatic N) is 1. The Morgan fingerprint density at radius 2 is 1.88 bits per heavy atom. The van der Waals surface area contributed by atoms with Crippen LogP contribution in [0.25, 0.3) is 0 Å². The van der Waals surface area contributed by atoms with E-state index in [1.54, 1.807) is 50.5 Å². The highest BCUT2D eigenvalue weighted by atomic mass is 19.1. The van der Waals surface area contributed by atoms with E-state index in [0.29, 0.717) is 5.75 Å². The summed E-state index contributed by atoms with van der Waals surface area (Å²) in [5.41, 5.74) is 5.74. The fourth-order valence-corrected chi connectivity index (χ4v) is 2.33. The quantitative estimate of drug-likeness (QED) is 0.753. The summed E-state index contributed by atoms with van der Waals surface area (Å²) in [4.78, 5) is 13.1. The number of aliphatic hydroxyl groups is 1. The molecule has 134 valence electrons. The van der Waals surface area contributed by atoms with Crippen LogP contribution in [0.4, 0.5) is 4.39 Å². The summed E-state index contributed by atoms with van der Waals surface area (Å²) in [5.74, 6) is 0.0870. The van der Waals surface area contributed by atoms with Gasteiger partial charge in [-0.1, -0.05) is 24.3 Å². The number of amides is 1. The van der Waals surface area contributed by atoms with Gasteiger partial charge in [0, 0.05) is 20.5 Å². The minimum absolute atomic E-state index is 0.150. The summed E-state index contributed by atoms with van der Waals surface area (Å²) in [6.45, 7) is 0.259. The average molecular weight is 346 g/mol. The Morgan fingerprint density at radius 1 is 1.20 bits per heavy atom. The van der Waals surface area contributed by atoms with E-state index in [1.165, 1.54) is 17.0 Å². The van der Waals surface area contributed by atoms with E-state index in [2.05, 4.69) is 0 Å². The topological polar surface area (TPSA) is 75.8 Å². The number of hydrogen-bond donors (Lipinski definition) is 2. The van der Waals surface area contributed by atoms with Crippen LogP contribution in [-0.2, 0) is 17.8 Å². The molecule has 0 saturated heterocycles. The molecular formula is C19H23FN2O3. The van der Waals surface area contributed by atoms with Crippen molar-refractivity contribution in [2.45, 2.75) is 25.2 Å². The van der Waals surface area contributed by atoms with E-state index < -0.39 is 5.72 Å². The summed E-state index contributed by atoms with van der Waals surface area (Å²) in [5, 5.41) is 10.2. The van der Waals surface area contributed by atoms with E-state index in [-0.39, 0.29) is 31.2 Å². The van der Waals surface area contributed by atoms with Crippen molar-refractivity contribution < 1.29 is 19.0 Å². The fourth-order valence-electron chi connectivity index (χ4n) is 2.33. The molecule has 0 fully saturated rings. The largest absolute Gasteiger partial charge is 0.489 e. The van der Waals surface area contributed by atoms with Crippen molar-refractivity contribution in [3.8, 4) is 5.75 Å². The van der Waals surface area contributed by atoms with Crippen LogP contribution in [0.3, 0.4) is 0 Å². The molecule has 2 rings (SSSR count). The third-order valence-electron chi connectivity index (χ3n) is 3.68. The van der Waals surface area contributed by atoms with Gasteiger partial charge in [-0.3, -0.25) is 4.79 Å². The number of carbonyl (C=O) groups excluding carboxylic acids is 1. The first kappa shape index (κ1) is 18.9. The van der Waals surface area contributed by atoms with Gasteiger partial charge in [0.15, 0.2) is 0 Å². The van der Waals surface area contributed by atoms with Gasteiger partial charge in [0.2, 0.25) is 5.91 Å². The third kappa shape index (κ3) is 6.17. The van der Waals surface area contributed by atoms with Gasteiger partial charge in [-0.2, -0.15) is 0 Å². The van der Waals surface area contributed by atoms with Crippen molar-refractivity contribution in [3.05, 3.63) is 65.5 Å². The Labute approximate surface area is 146 Å². The highest BCUT2D eigenvalue weighted by molar-refractivity contribution is 5.76. The lowest BCUT2D eigenvalue weighted by atomic mass is 9.99. The Hall–Kier alpha value is -2.44. The standard InChI is InChI=1S/C19H23FN2O3/c1-22(2)18(23)12-19(21,24)11-14-6-8-17(9-7-14)25-13-15-4-3-5-16(20)10-15/h3-10,24H,11-13,21H2,1-2H3. The molecule has 2 aromatic carbocycles. The maximum atomic E-state index is 13.1. The van der Waals surface area contributed by atoms with Crippen LogP contribution in [0, 0.1) is 5.82 Å². The minimum atomic E-state index is -1.61. The summed E-state index contributed by atoms with van der Waals surface area (Å²) in [6.07, 6.45) is -0.00538. The van der Waals surface area contributed by atoms with E-state index in [9.17, 15) is 14.3 Å². The lowest BCUT2D eigenvalue weighted by Gasteiger charge is -2.24. The Morgan fingerprint density at radius 3 is 2.48 bits per heavy atom. The van der Waals surface area contributed by atoms with Crippen molar-refractivity contribution in [1.29, 1.82) is 0 Å². The first-order chi connectivity index (χ1) is 11.7. The number of hydrogen-bond acceptors (Lipinski definition) is 4. The van der Waals surface area contributed by atoms with E-state index in [1.807, 2.05) is 0 Å². The third-order valence-corrected chi connectivity index (χ3v) is 3.68. The lowest BCUT2D eigenvalue weighted by molar-refractivity contribution is -0.133. The van der Waals surface area contributed by atoms with Crippen LogP contribution in [0.2, 0.25) is 0 Å². The van der Waals surface area contributed by atoms with Crippen molar-refractivity contribution >= 4 is 5.91 Å². The average Bonchev–Trinajstić information content (AvgIpc) is 2.53. The molecule has 0 aliphatic carbocycles. The first-order valence-electron chi connectivity index (χ1n) is 7.93. The van der Waals surface area contributed by atoms with Gasteiger partial charge >= 0.3 is 0 Å². The number of carbonyl (C=O) groups is 1. The van der Waals surface area contributed by atoms with E-state index >= 15 is 0 Å². The molecule has 25 heavy (non-hydrogen) atoms. The van der Waals surface area contributed by atoms with Crippen molar-refractivity contribution in [1.82, 2.24) is 4.90 Å². The molecule has 0 saturated carbocycles. The van der Waals surface area contributed by atoms with E-state index in [4.69, 9.17) is 10.5 Å². The summed E-state index contributed by atoms with van der Waals surface area (Å²) < 4.78 is 18.7. The number of benzene rings is 2. The molecule has 5 nitrogen and oxygen atoms in total. The van der Waals surface area contributed by atoms with Gasteiger partial charge in [0.25, 0.3) is 0 Å². The van der Waals surface area contributed by atoms with Crippen molar-refractivity contribution in [2.75, 3.05) is 14.1 Å². The normalized spacial score (nSPS) is 13.2. The zero-order chi connectivity index (χ0) is 18.4. The number of ether oxygens (including phenoxy) is 1. The fraction of sp³-hybridized carbons (Fsp3) is 0.316. The van der Waals surface area contributed by atoms with E-state index in [0.717, 1.165) is 11.1 Å². The molecule has 3 N–H and O–H groups in total. The monoisotopic (exact) mass is 346 g/mol. The second kappa shape index (κ2) is 8.09. The molecule has 1 unspecified atom stereocenters. The van der Waals surface area contributed by atoms with Gasteiger partial charge in [-0.05, 0) is 35.4 Å². The molecule has 0 heterocycles. The second-order valence-corrected chi connectivity index (χ2v) is 6.31. The minimum Gasteiger partial charge on any atom is -0.489 e. The predicted molar refractivity (Wildman–Crippen MR) is 93.3 cm³/mol. The van der Waals surface area contributed by atoms with Crippen LogP contribution >= 0.6 is 0 Å². The zero-order valence-corrected chi connectivity index (χ0v) is 14.4. The molecule has 0 spiro atoms.